The fourth-order valence-electron chi connectivity index (χ4n) is 3.81. The third kappa shape index (κ3) is 5.00. The third-order valence-electron chi connectivity index (χ3n) is 5.41. The van der Waals surface area contributed by atoms with Crippen molar-refractivity contribution < 1.29 is 18.0 Å². The van der Waals surface area contributed by atoms with Gasteiger partial charge >= 0.3 is 6.18 Å². The van der Waals surface area contributed by atoms with E-state index >= 15 is 0 Å². The first-order valence-corrected chi connectivity index (χ1v) is 10.2. The molecule has 1 N–H and O–H groups in total. The summed E-state index contributed by atoms with van der Waals surface area (Å²) in [4.78, 5) is 24.8. The Kier molecular flexibility index (Phi) is 6.33. The molecule has 3 rings (SSSR count). The molecule has 1 aliphatic rings. The molecule has 0 saturated heterocycles. The number of alkyl halides is 3. The van der Waals surface area contributed by atoms with Crippen molar-refractivity contribution in [3.63, 3.8) is 0 Å². The van der Waals surface area contributed by atoms with Gasteiger partial charge in [-0.2, -0.15) is 18.3 Å². The number of pyridine rings is 1. The van der Waals surface area contributed by atoms with Gasteiger partial charge in [-0.25, -0.2) is 0 Å². The SMILES string of the molecule is CC(C)n1cc2c(C(F)(F)F)cc(=O)n(CCC(=O)NC3CCCCCC3)c2n1. The number of halogens is 3. The van der Waals surface area contributed by atoms with E-state index in [-0.39, 0.29) is 42.0 Å². The first kappa shape index (κ1) is 21.4. The van der Waals surface area contributed by atoms with Crippen molar-refractivity contribution in [2.75, 3.05) is 0 Å². The Balaban J connectivity index is 1.84. The molecule has 0 unspecified atom stereocenters. The van der Waals surface area contributed by atoms with Crippen molar-refractivity contribution in [2.24, 2.45) is 0 Å². The molecule has 0 spiro atoms. The first-order chi connectivity index (χ1) is 13.7. The number of aromatic nitrogens is 3. The summed E-state index contributed by atoms with van der Waals surface area (Å²) >= 11 is 0. The molecule has 1 fully saturated rings. The molecule has 6 nitrogen and oxygen atoms in total. The van der Waals surface area contributed by atoms with E-state index in [1.54, 1.807) is 13.8 Å². The van der Waals surface area contributed by atoms with Crippen LogP contribution in [0.2, 0.25) is 0 Å². The number of amides is 1. The maximum atomic E-state index is 13.4. The van der Waals surface area contributed by atoms with E-state index in [1.165, 1.54) is 23.7 Å². The number of rotatable bonds is 5. The number of nitrogens with one attached hydrogen (secondary N) is 1. The minimum absolute atomic E-state index is 0.0128. The topological polar surface area (TPSA) is 68.9 Å². The normalized spacial score (nSPS) is 16.3. The molecule has 1 amide bonds. The summed E-state index contributed by atoms with van der Waals surface area (Å²) in [7, 11) is 0. The molecular formula is C20H27F3N4O2. The average Bonchev–Trinajstić information content (AvgIpc) is 2.91. The standard InChI is InChI=1S/C20H27F3N4O2/c1-13(2)27-12-15-16(20(21,22)23)11-18(29)26(19(15)25-27)10-9-17(28)24-14-7-5-3-4-6-8-14/h11-14H,3-10H2,1-2H3,(H,24,28). The van der Waals surface area contributed by atoms with Crippen LogP contribution in [0.1, 0.15) is 70.4 Å². The van der Waals surface area contributed by atoms with E-state index in [1.807, 2.05) is 0 Å². The van der Waals surface area contributed by atoms with Crippen molar-refractivity contribution in [3.05, 3.63) is 28.2 Å². The summed E-state index contributed by atoms with van der Waals surface area (Å²) in [5.41, 5.74) is -1.84. The van der Waals surface area contributed by atoms with E-state index in [4.69, 9.17) is 0 Å². The molecule has 0 atom stereocenters. The van der Waals surface area contributed by atoms with Crippen LogP contribution in [0.3, 0.4) is 0 Å². The lowest BCUT2D eigenvalue weighted by molar-refractivity contribution is -0.136. The monoisotopic (exact) mass is 412 g/mol. The van der Waals surface area contributed by atoms with E-state index in [0.717, 1.165) is 30.3 Å². The van der Waals surface area contributed by atoms with Crippen LogP contribution in [0.5, 0.6) is 0 Å². The molecule has 0 aliphatic heterocycles. The molecule has 2 aromatic heterocycles. The number of nitrogens with zero attached hydrogens (tertiary/aromatic N) is 3. The summed E-state index contributed by atoms with van der Waals surface area (Å²) in [5, 5.41) is 7.07. The number of carbonyl (C=O) groups excluding carboxylic acids is 1. The number of hydrogen-bond donors (Lipinski definition) is 1. The Morgan fingerprint density at radius 1 is 1.24 bits per heavy atom. The van der Waals surface area contributed by atoms with Crippen LogP contribution >= 0.6 is 0 Å². The van der Waals surface area contributed by atoms with Gasteiger partial charge in [-0.05, 0) is 26.7 Å². The van der Waals surface area contributed by atoms with E-state index in [2.05, 4.69) is 10.4 Å². The van der Waals surface area contributed by atoms with Gasteiger partial charge in [0.25, 0.3) is 5.56 Å². The van der Waals surface area contributed by atoms with Crippen molar-refractivity contribution in [1.29, 1.82) is 0 Å². The lowest BCUT2D eigenvalue weighted by Crippen LogP contribution is -2.35. The Morgan fingerprint density at radius 3 is 2.48 bits per heavy atom. The molecule has 1 aliphatic carbocycles. The lowest BCUT2D eigenvalue weighted by Gasteiger charge is -2.16. The highest BCUT2D eigenvalue weighted by Gasteiger charge is 2.35. The molecule has 1 saturated carbocycles. The van der Waals surface area contributed by atoms with Crippen molar-refractivity contribution >= 4 is 16.9 Å². The van der Waals surface area contributed by atoms with Crippen LogP contribution < -0.4 is 10.9 Å². The predicted octanol–water partition coefficient (Wildman–Crippen LogP) is 4.03. The Bertz CT molecular complexity index is 922. The van der Waals surface area contributed by atoms with Gasteiger partial charge in [0.15, 0.2) is 5.65 Å². The highest BCUT2D eigenvalue weighted by Crippen LogP contribution is 2.33. The molecule has 0 aromatic carbocycles. The summed E-state index contributed by atoms with van der Waals surface area (Å²) in [6, 6.07) is 0.567. The molecule has 2 aromatic rings. The number of fused-ring (bicyclic) bond motifs is 1. The van der Waals surface area contributed by atoms with Crippen molar-refractivity contribution in [3.8, 4) is 0 Å². The van der Waals surface area contributed by atoms with E-state index in [9.17, 15) is 22.8 Å². The number of hydrogen-bond acceptors (Lipinski definition) is 3. The average molecular weight is 412 g/mol. The maximum absolute atomic E-state index is 13.4. The quantitative estimate of drug-likeness (QED) is 0.754. The fraction of sp³-hybridized carbons (Fsp3) is 0.650. The van der Waals surface area contributed by atoms with Gasteiger partial charge < -0.3 is 5.32 Å². The van der Waals surface area contributed by atoms with Crippen molar-refractivity contribution in [2.45, 2.75) is 83.6 Å². The van der Waals surface area contributed by atoms with Crippen LogP contribution in [0, 0.1) is 0 Å². The summed E-state index contributed by atoms with van der Waals surface area (Å²) in [6.07, 6.45) is 3.05. The minimum atomic E-state index is -4.65. The smallest absolute Gasteiger partial charge is 0.353 e. The summed E-state index contributed by atoms with van der Waals surface area (Å²) in [6.45, 7) is 3.57. The van der Waals surface area contributed by atoms with Crippen LogP contribution in [-0.2, 0) is 17.5 Å². The van der Waals surface area contributed by atoms with Gasteiger partial charge in [-0.3, -0.25) is 18.8 Å². The van der Waals surface area contributed by atoms with Gasteiger partial charge in [0.05, 0.1) is 5.56 Å². The van der Waals surface area contributed by atoms with Crippen LogP contribution in [-0.4, -0.2) is 26.3 Å². The highest BCUT2D eigenvalue weighted by atomic mass is 19.4. The van der Waals surface area contributed by atoms with Crippen LogP contribution in [0.25, 0.3) is 11.0 Å². The zero-order chi connectivity index (χ0) is 21.2. The Labute approximate surface area is 167 Å². The molecule has 9 heteroatoms. The molecular weight excluding hydrogens is 385 g/mol. The zero-order valence-corrected chi connectivity index (χ0v) is 16.8. The second-order valence-corrected chi connectivity index (χ2v) is 7.99. The van der Waals surface area contributed by atoms with Crippen LogP contribution in [0.4, 0.5) is 13.2 Å². The van der Waals surface area contributed by atoms with Crippen molar-refractivity contribution in [1.82, 2.24) is 19.7 Å². The van der Waals surface area contributed by atoms with Crippen LogP contribution in [0.15, 0.2) is 17.1 Å². The molecule has 29 heavy (non-hydrogen) atoms. The minimum Gasteiger partial charge on any atom is -0.353 e. The molecule has 0 bridgehead atoms. The second-order valence-electron chi connectivity index (χ2n) is 7.99. The predicted molar refractivity (Wildman–Crippen MR) is 104 cm³/mol. The third-order valence-corrected chi connectivity index (χ3v) is 5.41. The molecule has 0 radical (unpaired) electrons. The van der Waals surface area contributed by atoms with E-state index < -0.39 is 17.3 Å². The fourth-order valence-corrected chi connectivity index (χ4v) is 3.81. The molecule has 160 valence electrons. The first-order valence-electron chi connectivity index (χ1n) is 10.2. The van der Waals surface area contributed by atoms with Gasteiger partial charge in [0.2, 0.25) is 5.91 Å². The van der Waals surface area contributed by atoms with Gasteiger partial charge in [0.1, 0.15) is 0 Å². The van der Waals surface area contributed by atoms with E-state index in [0.29, 0.717) is 6.07 Å². The van der Waals surface area contributed by atoms with Gasteiger partial charge in [-0.1, -0.05) is 25.7 Å². The van der Waals surface area contributed by atoms with Gasteiger partial charge in [0, 0.05) is 42.7 Å². The summed E-state index contributed by atoms with van der Waals surface area (Å²) < 4.78 is 42.8. The maximum Gasteiger partial charge on any atom is 0.417 e. The second kappa shape index (κ2) is 8.59. The highest BCUT2D eigenvalue weighted by molar-refractivity contribution is 5.80. The molecule has 2 heterocycles. The summed E-state index contributed by atoms with van der Waals surface area (Å²) in [5.74, 6) is -0.194. The Morgan fingerprint density at radius 2 is 1.90 bits per heavy atom. The lowest BCUT2D eigenvalue weighted by atomic mass is 10.1. The van der Waals surface area contributed by atoms with Gasteiger partial charge in [-0.15, -0.1) is 0 Å². The zero-order valence-electron chi connectivity index (χ0n) is 16.8. The Hall–Kier alpha value is -2.32. The number of aryl methyl sites for hydroxylation is 1. The number of carbonyl (C=O) groups is 1. The largest absolute Gasteiger partial charge is 0.417 e.